The molecule has 1 aromatic heterocycles. The van der Waals surface area contributed by atoms with Crippen LogP contribution in [-0.4, -0.2) is 4.98 Å². The third kappa shape index (κ3) is 1.81. The lowest BCUT2D eigenvalue weighted by molar-refractivity contribution is 0.589. The molecule has 0 amide bonds. The first kappa shape index (κ1) is 10.0. The molecule has 0 fully saturated rings. The van der Waals surface area contributed by atoms with Crippen molar-refractivity contribution < 1.29 is 8.78 Å². The number of rotatable bonds is 2. The summed E-state index contributed by atoms with van der Waals surface area (Å²) in [5.41, 5.74) is 2.43. The highest BCUT2D eigenvalue weighted by Crippen LogP contribution is 2.28. The number of nitrogens with two attached hydrogens (primary N) is 1. The number of halogens is 2. The number of nitrogens with zero attached hydrogens (tertiary/aromatic N) is 1. The van der Waals surface area contributed by atoms with E-state index < -0.39 is 11.6 Å². The van der Waals surface area contributed by atoms with Crippen LogP contribution in [0, 0.1) is 11.6 Å². The van der Waals surface area contributed by atoms with Gasteiger partial charge in [-0.3, -0.25) is 5.43 Å². The second-order valence-electron chi connectivity index (χ2n) is 2.78. The van der Waals surface area contributed by atoms with E-state index in [4.69, 9.17) is 5.84 Å². The number of nitrogen functional groups attached to an aromatic ring is 1. The van der Waals surface area contributed by atoms with Crippen LogP contribution in [0.4, 0.5) is 13.9 Å². The van der Waals surface area contributed by atoms with Crippen LogP contribution in [0.2, 0.25) is 0 Å². The van der Waals surface area contributed by atoms with E-state index in [0.29, 0.717) is 5.13 Å². The van der Waals surface area contributed by atoms with Crippen molar-refractivity contribution >= 4 is 16.5 Å². The van der Waals surface area contributed by atoms with Crippen LogP contribution >= 0.6 is 11.3 Å². The average molecular weight is 227 g/mol. The van der Waals surface area contributed by atoms with Gasteiger partial charge in [-0.15, -0.1) is 11.3 Å². The molecule has 0 unspecified atom stereocenters. The quantitative estimate of drug-likeness (QED) is 0.611. The van der Waals surface area contributed by atoms with E-state index in [1.165, 1.54) is 34.9 Å². The minimum Gasteiger partial charge on any atom is -0.300 e. The smallest absolute Gasteiger partial charge is 0.197 e. The standard InChI is InChI=1S/C9H7F2N3S/c10-5-2-1-3-6(11)8(5)7-4-15-9(13-7)14-12/h1-4H,12H2,(H,13,14). The number of thiazole rings is 1. The van der Waals surface area contributed by atoms with Crippen LogP contribution in [0.1, 0.15) is 0 Å². The van der Waals surface area contributed by atoms with Crippen molar-refractivity contribution in [1.29, 1.82) is 0 Å². The van der Waals surface area contributed by atoms with E-state index in [0.717, 1.165) is 0 Å². The van der Waals surface area contributed by atoms with E-state index in [9.17, 15) is 8.78 Å². The molecule has 6 heteroatoms. The Morgan fingerprint density at radius 2 is 1.93 bits per heavy atom. The van der Waals surface area contributed by atoms with Gasteiger partial charge in [-0.05, 0) is 12.1 Å². The zero-order chi connectivity index (χ0) is 10.8. The number of hydrazine groups is 1. The van der Waals surface area contributed by atoms with Gasteiger partial charge in [0, 0.05) is 5.38 Å². The molecule has 78 valence electrons. The van der Waals surface area contributed by atoms with Crippen molar-refractivity contribution in [3.63, 3.8) is 0 Å². The normalized spacial score (nSPS) is 10.3. The largest absolute Gasteiger partial charge is 0.300 e. The van der Waals surface area contributed by atoms with Crippen molar-refractivity contribution in [3.8, 4) is 11.3 Å². The van der Waals surface area contributed by atoms with Gasteiger partial charge in [0.25, 0.3) is 0 Å². The number of hydrogen-bond acceptors (Lipinski definition) is 4. The molecule has 0 atom stereocenters. The van der Waals surface area contributed by atoms with Crippen LogP contribution in [0.15, 0.2) is 23.6 Å². The first-order chi connectivity index (χ1) is 7.22. The summed E-state index contributed by atoms with van der Waals surface area (Å²) in [6.07, 6.45) is 0. The Kier molecular flexibility index (Phi) is 2.61. The molecule has 2 aromatic rings. The monoisotopic (exact) mass is 227 g/mol. The fourth-order valence-electron chi connectivity index (χ4n) is 1.20. The maximum Gasteiger partial charge on any atom is 0.197 e. The van der Waals surface area contributed by atoms with Gasteiger partial charge in [0.05, 0.1) is 11.3 Å². The van der Waals surface area contributed by atoms with Crippen LogP contribution in [0.25, 0.3) is 11.3 Å². The summed E-state index contributed by atoms with van der Waals surface area (Å²) in [6, 6.07) is 3.68. The van der Waals surface area contributed by atoms with Gasteiger partial charge in [0.15, 0.2) is 5.13 Å². The highest BCUT2D eigenvalue weighted by Gasteiger charge is 2.13. The van der Waals surface area contributed by atoms with E-state index >= 15 is 0 Å². The molecule has 2 rings (SSSR count). The van der Waals surface area contributed by atoms with Gasteiger partial charge in [0.2, 0.25) is 0 Å². The van der Waals surface area contributed by atoms with Gasteiger partial charge in [-0.25, -0.2) is 19.6 Å². The number of nitrogens with one attached hydrogen (secondary N) is 1. The van der Waals surface area contributed by atoms with Gasteiger partial charge >= 0.3 is 0 Å². The highest BCUT2D eigenvalue weighted by atomic mass is 32.1. The topological polar surface area (TPSA) is 50.9 Å². The summed E-state index contributed by atoms with van der Waals surface area (Å²) in [7, 11) is 0. The number of anilines is 1. The Labute approximate surface area is 88.5 Å². The molecule has 0 spiro atoms. The third-order valence-corrected chi connectivity index (χ3v) is 2.62. The summed E-state index contributed by atoms with van der Waals surface area (Å²) in [4.78, 5) is 3.92. The van der Waals surface area contributed by atoms with Gasteiger partial charge in [0.1, 0.15) is 11.6 Å². The van der Waals surface area contributed by atoms with Crippen LogP contribution in [-0.2, 0) is 0 Å². The van der Waals surface area contributed by atoms with Crippen molar-refractivity contribution in [1.82, 2.24) is 4.98 Å². The summed E-state index contributed by atoms with van der Waals surface area (Å²) in [5.74, 6) is 3.86. The predicted molar refractivity (Wildman–Crippen MR) is 55.3 cm³/mol. The minimum atomic E-state index is -0.635. The average Bonchev–Trinajstić information content (AvgIpc) is 2.66. The van der Waals surface area contributed by atoms with E-state index in [1.807, 2.05) is 0 Å². The van der Waals surface area contributed by atoms with Gasteiger partial charge in [-0.1, -0.05) is 6.07 Å². The zero-order valence-electron chi connectivity index (χ0n) is 7.50. The van der Waals surface area contributed by atoms with Crippen LogP contribution in [0.3, 0.4) is 0 Å². The molecule has 0 saturated carbocycles. The molecule has 0 saturated heterocycles. The Morgan fingerprint density at radius 3 is 2.47 bits per heavy atom. The number of aromatic nitrogens is 1. The van der Waals surface area contributed by atoms with E-state index in [1.54, 1.807) is 0 Å². The molecule has 1 heterocycles. The first-order valence-corrected chi connectivity index (χ1v) is 4.97. The first-order valence-electron chi connectivity index (χ1n) is 4.09. The van der Waals surface area contributed by atoms with Crippen molar-refractivity contribution in [2.75, 3.05) is 5.43 Å². The maximum atomic E-state index is 13.3. The fraction of sp³-hybridized carbons (Fsp3) is 0. The highest BCUT2D eigenvalue weighted by molar-refractivity contribution is 7.14. The molecule has 0 bridgehead atoms. The summed E-state index contributed by atoms with van der Waals surface area (Å²) in [5, 5.41) is 1.95. The molecule has 15 heavy (non-hydrogen) atoms. The Bertz CT molecular complexity index is 464. The number of hydrogen-bond donors (Lipinski definition) is 2. The van der Waals surface area contributed by atoms with Crippen molar-refractivity contribution in [3.05, 3.63) is 35.2 Å². The second-order valence-corrected chi connectivity index (χ2v) is 3.64. The summed E-state index contributed by atoms with van der Waals surface area (Å²) in [6.45, 7) is 0. The third-order valence-electron chi connectivity index (χ3n) is 1.85. The molecule has 0 aliphatic heterocycles. The van der Waals surface area contributed by atoms with E-state index in [-0.39, 0.29) is 11.3 Å². The lowest BCUT2D eigenvalue weighted by atomic mass is 10.1. The molecule has 3 nitrogen and oxygen atoms in total. The van der Waals surface area contributed by atoms with Gasteiger partial charge in [-0.2, -0.15) is 0 Å². The molecular weight excluding hydrogens is 220 g/mol. The molecule has 3 N–H and O–H groups in total. The molecule has 0 radical (unpaired) electrons. The molecule has 0 aliphatic rings. The second kappa shape index (κ2) is 3.92. The van der Waals surface area contributed by atoms with Crippen molar-refractivity contribution in [2.45, 2.75) is 0 Å². The Balaban J connectivity index is 2.53. The lowest BCUT2D eigenvalue weighted by Crippen LogP contribution is -2.05. The minimum absolute atomic E-state index is 0.129. The Hall–Kier alpha value is -1.53. The maximum absolute atomic E-state index is 13.3. The zero-order valence-corrected chi connectivity index (χ0v) is 8.31. The number of benzene rings is 1. The summed E-state index contributed by atoms with van der Waals surface area (Å²) < 4.78 is 26.6. The van der Waals surface area contributed by atoms with Gasteiger partial charge < -0.3 is 0 Å². The van der Waals surface area contributed by atoms with Crippen LogP contribution < -0.4 is 11.3 Å². The lowest BCUT2D eigenvalue weighted by Gasteiger charge is -2.00. The van der Waals surface area contributed by atoms with Crippen molar-refractivity contribution in [2.24, 2.45) is 5.84 Å². The van der Waals surface area contributed by atoms with E-state index in [2.05, 4.69) is 10.4 Å². The molecule has 0 aliphatic carbocycles. The predicted octanol–water partition coefficient (Wildman–Crippen LogP) is 2.37. The summed E-state index contributed by atoms with van der Waals surface area (Å²) >= 11 is 1.18. The Morgan fingerprint density at radius 1 is 1.27 bits per heavy atom. The molecular formula is C9H7F2N3S. The SMILES string of the molecule is NNc1nc(-c2c(F)cccc2F)cs1. The van der Waals surface area contributed by atoms with Crippen LogP contribution in [0.5, 0.6) is 0 Å². The fourth-order valence-corrected chi connectivity index (χ4v) is 1.81. The molecule has 1 aromatic carbocycles.